The van der Waals surface area contributed by atoms with E-state index in [4.69, 9.17) is 10.7 Å². The average Bonchev–Trinajstić information content (AvgIpc) is 3.12. The molecular formula is C21H17N5. The van der Waals surface area contributed by atoms with Gasteiger partial charge in [0.25, 0.3) is 0 Å². The molecule has 2 heterocycles. The van der Waals surface area contributed by atoms with Crippen LogP contribution < -0.4 is 10.6 Å². The first-order valence-corrected chi connectivity index (χ1v) is 8.53. The number of nitrogens with two attached hydrogens (primary N) is 1. The molecule has 3 N–H and O–H groups in total. The van der Waals surface area contributed by atoms with Crippen LogP contribution in [-0.4, -0.2) is 16.0 Å². The summed E-state index contributed by atoms with van der Waals surface area (Å²) in [5.74, 6) is 1.39. The maximum atomic E-state index is 6.30. The molecule has 0 spiro atoms. The number of hydrogen-bond donors (Lipinski definition) is 2. The summed E-state index contributed by atoms with van der Waals surface area (Å²) in [7, 11) is 0. The van der Waals surface area contributed by atoms with E-state index >= 15 is 0 Å². The number of aromatic amines is 1. The van der Waals surface area contributed by atoms with Gasteiger partial charge in [-0.1, -0.05) is 54.6 Å². The smallest absolute Gasteiger partial charge is 0.164 e. The van der Waals surface area contributed by atoms with E-state index in [9.17, 15) is 0 Å². The van der Waals surface area contributed by atoms with Gasteiger partial charge in [0.2, 0.25) is 0 Å². The van der Waals surface area contributed by atoms with Gasteiger partial charge in [-0.2, -0.15) is 5.10 Å². The fraction of sp³-hybridized carbons (Fsp3) is 0.0476. The Labute approximate surface area is 150 Å². The summed E-state index contributed by atoms with van der Waals surface area (Å²) in [6.07, 6.45) is -0.266. The van der Waals surface area contributed by atoms with Crippen molar-refractivity contribution in [3.05, 3.63) is 90.0 Å². The number of amidine groups is 1. The molecular weight excluding hydrogens is 322 g/mol. The molecule has 0 saturated heterocycles. The Kier molecular flexibility index (Phi) is 3.25. The molecule has 3 aromatic carbocycles. The predicted molar refractivity (Wildman–Crippen MR) is 105 cm³/mol. The Bertz CT molecular complexity index is 1110. The number of hydrogen-bond acceptors (Lipinski definition) is 4. The number of benzene rings is 3. The predicted octanol–water partition coefficient (Wildman–Crippen LogP) is 4.12. The van der Waals surface area contributed by atoms with Crippen molar-refractivity contribution < 1.29 is 0 Å². The maximum Gasteiger partial charge on any atom is 0.164 e. The Morgan fingerprint density at radius 1 is 0.846 bits per heavy atom. The van der Waals surface area contributed by atoms with Crippen molar-refractivity contribution in [3.8, 4) is 0 Å². The zero-order valence-corrected chi connectivity index (χ0v) is 14.0. The van der Waals surface area contributed by atoms with Crippen LogP contribution in [0.4, 0.5) is 11.5 Å². The molecule has 5 nitrogen and oxygen atoms in total. The molecule has 1 unspecified atom stereocenters. The number of fused-ring (bicyclic) bond motifs is 2. The molecule has 1 atom stereocenters. The first-order chi connectivity index (χ1) is 12.8. The molecule has 0 aliphatic carbocycles. The van der Waals surface area contributed by atoms with E-state index in [0.717, 1.165) is 33.5 Å². The van der Waals surface area contributed by atoms with Crippen LogP contribution in [0.25, 0.3) is 10.9 Å². The van der Waals surface area contributed by atoms with Crippen molar-refractivity contribution in [2.75, 3.05) is 4.90 Å². The monoisotopic (exact) mass is 339 g/mol. The molecule has 126 valence electrons. The molecule has 0 fully saturated rings. The van der Waals surface area contributed by atoms with E-state index in [0.29, 0.717) is 5.84 Å². The number of para-hydroxylation sites is 2. The number of nitrogens with zero attached hydrogens (tertiary/aromatic N) is 3. The summed E-state index contributed by atoms with van der Waals surface area (Å²) < 4.78 is 0. The third-order valence-corrected chi connectivity index (χ3v) is 4.72. The fourth-order valence-electron chi connectivity index (χ4n) is 3.50. The SMILES string of the molecule is NC1=NC(c2ccccc2)N(c2n[nH]c3ccccc23)c2ccccc21. The van der Waals surface area contributed by atoms with Crippen LogP contribution in [0.3, 0.4) is 0 Å². The highest BCUT2D eigenvalue weighted by Gasteiger charge is 2.31. The normalized spacial score (nSPS) is 16.4. The Morgan fingerprint density at radius 3 is 2.46 bits per heavy atom. The van der Waals surface area contributed by atoms with Crippen molar-refractivity contribution >= 4 is 28.2 Å². The van der Waals surface area contributed by atoms with Crippen molar-refractivity contribution in [1.29, 1.82) is 0 Å². The molecule has 0 radical (unpaired) electrons. The molecule has 1 aliphatic rings. The standard InChI is InChI=1S/C21H17N5/c22-19-16-11-5-7-13-18(16)26(20(23-19)14-8-2-1-3-9-14)21-15-10-4-6-12-17(15)24-25-21/h1-13,20H,(H2,22,23)(H,24,25). The van der Waals surface area contributed by atoms with E-state index < -0.39 is 0 Å². The van der Waals surface area contributed by atoms with Crippen molar-refractivity contribution in [2.24, 2.45) is 10.7 Å². The zero-order valence-electron chi connectivity index (χ0n) is 14.0. The summed E-state index contributed by atoms with van der Waals surface area (Å²) in [4.78, 5) is 6.96. The third-order valence-electron chi connectivity index (χ3n) is 4.72. The first kappa shape index (κ1) is 14.7. The summed E-state index contributed by atoms with van der Waals surface area (Å²) in [6, 6.07) is 26.3. The summed E-state index contributed by atoms with van der Waals surface area (Å²) in [5.41, 5.74) is 10.3. The van der Waals surface area contributed by atoms with Gasteiger partial charge in [-0.3, -0.25) is 10.00 Å². The van der Waals surface area contributed by atoms with Gasteiger partial charge >= 0.3 is 0 Å². The lowest BCUT2D eigenvalue weighted by atomic mass is 10.0. The van der Waals surface area contributed by atoms with Crippen LogP contribution in [0.15, 0.2) is 83.9 Å². The van der Waals surface area contributed by atoms with Gasteiger partial charge in [-0.15, -0.1) is 0 Å². The first-order valence-electron chi connectivity index (χ1n) is 8.53. The second kappa shape index (κ2) is 5.74. The largest absolute Gasteiger partial charge is 0.383 e. The molecule has 26 heavy (non-hydrogen) atoms. The minimum absolute atomic E-state index is 0.266. The summed E-state index contributed by atoms with van der Waals surface area (Å²) >= 11 is 0. The van der Waals surface area contributed by atoms with E-state index in [1.54, 1.807) is 0 Å². The van der Waals surface area contributed by atoms with E-state index in [2.05, 4.69) is 39.4 Å². The quantitative estimate of drug-likeness (QED) is 0.577. The number of aliphatic imine (C=N–C) groups is 1. The van der Waals surface area contributed by atoms with Crippen LogP contribution in [0, 0.1) is 0 Å². The topological polar surface area (TPSA) is 70.3 Å². The van der Waals surface area contributed by atoms with Gasteiger partial charge in [-0.25, -0.2) is 4.99 Å². The number of aromatic nitrogens is 2. The highest BCUT2D eigenvalue weighted by atomic mass is 15.3. The lowest BCUT2D eigenvalue weighted by Gasteiger charge is -2.35. The number of rotatable bonds is 2. The molecule has 4 aromatic rings. The summed E-state index contributed by atoms with van der Waals surface area (Å²) in [5, 5.41) is 8.79. The van der Waals surface area contributed by atoms with E-state index in [-0.39, 0.29) is 6.17 Å². The van der Waals surface area contributed by atoms with Crippen molar-refractivity contribution in [2.45, 2.75) is 6.17 Å². The van der Waals surface area contributed by atoms with Gasteiger partial charge in [0.15, 0.2) is 12.0 Å². The van der Waals surface area contributed by atoms with Gasteiger partial charge in [0, 0.05) is 10.9 Å². The molecule has 0 amide bonds. The second-order valence-corrected chi connectivity index (χ2v) is 6.28. The van der Waals surface area contributed by atoms with Crippen LogP contribution in [-0.2, 0) is 0 Å². The summed E-state index contributed by atoms with van der Waals surface area (Å²) in [6.45, 7) is 0. The lowest BCUT2D eigenvalue weighted by molar-refractivity contribution is 0.718. The van der Waals surface area contributed by atoms with Crippen LogP contribution in [0.2, 0.25) is 0 Å². The Morgan fingerprint density at radius 2 is 1.58 bits per heavy atom. The van der Waals surface area contributed by atoms with Gasteiger partial charge in [-0.05, 0) is 29.8 Å². The average molecular weight is 339 g/mol. The maximum absolute atomic E-state index is 6.30. The van der Waals surface area contributed by atoms with Gasteiger partial charge in [0.1, 0.15) is 5.84 Å². The molecule has 1 aliphatic heterocycles. The Hall–Kier alpha value is -3.60. The fourth-order valence-corrected chi connectivity index (χ4v) is 3.50. The van der Waals surface area contributed by atoms with E-state index in [1.165, 1.54) is 0 Å². The van der Waals surface area contributed by atoms with Gasteiger partial charge in [0.05, 0.1) is 11.2 Å². The molecule has 5 rings (SSSR count). The third kappa shape index (κ3) is 2.18. The lowest BCUT2D eigenvalue weighted by Crippen LogP contribution is -2.32. The molecule has 0 bridgehead atoms. The Balaban J connectivity index is 1.78. The van der Waals surface area contributed by atoms with Crippen molar-refractivity contribution in [3.63, 3.8) is 0 Å². The number of nitrogens with one attached hydrogen (secondary N) is 1. The minimum Gasteiger partial charge on any atom is -0.383 e. The minimum atomic E-state index is -0.266. The number of anilines is 2. The molecule has 5 heteroatoms. The van der Waals surface area contributed by atoms with Crippen LogP contribution in [0.5, 0.6) is 0 Å². The second-order valence-electron chi connectivity index (χ2n) is 6.28. The highest BCUT2D eigenvalue weighted by Crippen LogP contribution is 2.42. The zero-order chi connectivity index (χ0) is 17.5. The van der Waals surface area contributed by atoms with Crippen LogP contribution in [0.1, 0.15) is 17.3 Å². The van der Waals surface area contributed by atoms with E-state index in [1.807, 2.05) is 54.6 Å². The number of H-pyrrole nitrogens is 1. The van der Waals surface area contributed by atoms with Crippen molar-refractivity contribution in [1.82, 2.24) is 10.2 Å². The molecule has 0 saturated carbocycles. The van der Waals surface area contributed by atoms with Gasteiger partial charge < -0.3 is 5.73 Å². The molecule has 1 aromatic heterocycles. The highest BCUT2D eigenvalue weighted by molar-refractivity contribution is 6.06. The van der Waals surface area contributed by atoms with Crippen LogP contribution >= 0.6 is 0 Å².